The third kappa shape index (κ3) is 13.8. The number of ether oxygens (including phenoxy) is 4. The fourth-order valence-corrected chi connectivity index (χ4v) is 5.79. The molecule has 2 saturated carbocycles. The Morgan fingerprint density at radius 1 is 0.686 bits per heavy atom. The number of unbranched alkanes of at least 4 members (excludes halogenated alkanes) is 1. The van der Waals surface area contributed by atoms with Crippen molar-refractivity contribution in [1.29, 1.82) is 0 Å². The molecule has 2 N–H and O–H groups in total. The summed E-state index contributed by atoms with van der Waals surface area (Å²) in [7, 11) is 0. The van der Waals surface area contributed by atoms with E-state index in [0.717, 1.165) is 57.5 Å². The van der Waals surface area contributed by atoms with Crippen molar-refractivity contribution in [1.82, 2.24) is 0 Å². The van der Waals surface area contributed by atoms with E-state index in [2.05, 4.69) is 6.92 Å². The Balaban J connectivity index is 1.44. The first-order valence-corrected chi connectivity index (χ1v) is 14.7. The van der Waals surface area contributed by atoms with Gasteiger partial charge in [0.2, 0.25) is 0 Å². The summed E-state index contributed by atoms with van der Waals surface area (Å²) in [5.41, 5.74) is 0. The summed E-state index contributed by atoms with van der Waals surface area (Å²) < 4.78 is 23.9. The third-order valence-corrected chi connectivity index (χ3v) is 8.11. The highest BCUT2D eigenvalue weighted by Crippen LogP contribution is 2.33. The third-order valence-electron chi connectivity index (χ3n) is 8.11. The van der Waals surface area contributed by atoms with Gasteiger partial charge < -0.3 is 29.2 Å². The molecule has 0 bridgehead atoms. The maximum atomic E-state index is 9.56. The first-order chi connectivity index (χ1) is 16.9. The second-order valence-electron chi connectivity index (χ2n) is 11.4. The van der Waals surface area contributed by atoms with E-state index in [4.69, 9.17) is 18.9 Å². The zero-order valence-corrected chi connectivity index (χ0v) is 23.2. The van der Waals surface area contributed by atoms with E-state index in [9.17, 15) is 10.2 Å². The molecule has 2 aliphatic carbocycles. The maximum absolute atomic E-state index is 9.56. The molecule has 0 spiro atoms. The van der Waals surface area contributed by atoms with Crippen molar-refractivity contribution >= 4 is 0 Å². The van der Waals surface area contributed by atoms with Crippen molar-refractivity contribution in [3.8, 4) is 0 Å². The summed E-state index contributed by atoms with van der Waals surface area (Å²) in [5.74, 6) is 2.55. The zero-order valence-electron chi connectivity index (χ0n) is 23.2. The van der Waals surface area contributed by atoms with Crippen LogP contribution in [0.15, 0.2) is 0 Å². The summed E-state index contributed by atoms with van der Waals surface area (Å²) in [5, 5.41) is 18.9. The van der Waals surface area contributed by atoms with Crippen molar-refractivity contribution in [3.63, 3.8) is 0 Å². The largest absolute Gasteiger partial charge is 0.396 e. The molecule has 0 radical (unpaired) electrons. The van der Waals surface area contributed by atoms with Gasteiger partial charge in [0.05, 0.1) is 18.8 Å². The molecule has 0 aromatic heterocycles. The molecule has 0 aromatic carbocycles. The molecular formula is C29H56O6. The lowest BCUT2D eigenvalue weighted by molar-refractivity contribution is -0.167. The van der Waals surface area contributed by atoms with Gasteiger partial charge in [-0.1, -0.05) is 32.6 Å². The molecule has 2 rings (SSSR count). The van der Waals surface area contributed by atoms with Gasteiger partial charge in [-0.05, 0) is 102 Å². The Hall–Kier alpha value is -0.240. The van der Waals surface area contributed by atoms with Crippen LogP contribution < -0.4 is 0 Å². The highest BCUT2D eigenvalue weighted by atomic mass is 16.7. The molecule has 0 aromatic rings. The van der Waals surface area contributed by atoms with Crippen LogP contribution in [-0.2, 0) is 18.9 Å². The van der Waals surface area contributed by atoms with Gasteiger partial charge >= 0.3 is 0 Å². The highest BCUT2D eigenvalue weighted by molar-refractivity contribution is 4.75. The first kappa shape index (κ1) is 31.0. The van der Waals surface area contributed by atoms with E-state index in [1.807, 2.05) is 20.8 Å². The second-order valence-corrected chi connectivity index (χ2v) is 11.4. The standard InChI is InChI=1S/C29H56O6/c1-5-29(19-26-8-12-27(20-30)13-9-26)35-24(4)33-17-7-6-16-32-23(3)34-21-28-14-10-25(11-15-28)18-22(2)31/h22-31H,5-21H2,1-4H3. The minimum atomic E-state index is -0.177. The van der Waals surface area contributed by atoms with Crippen LogP contribution in [0.5, 0.6) is 0 Å². The summed E-state index contributed by atoms with van der Waals surface area (Å²) in [6.07, 6.45) is 14.3. The Bertz CT molecular complexity index is 499. The monoisotopic (exact) mass is 500 g/mol. The number of aliphatic hydroxyl groups excluding tert-OH is 2. The molecule has 4 unspecified atom stereocenters. The smallest absolute Gasteiger partial charge is 0.155 e. The molecule has 0 saturated heterocycles. The van der Waals surface area contributed by atoms with Gasteiger partial charge in [0.15, 0.2) is 12.6 Å². The first-order valence-electron chi connectivity index (χ1n) is 14.7. The molecule has 4 atom stereocenters. The fourth-order valence-electron chi connectivity index (χ4n) is 5.79. The van der Waals surface area contributed by atoms with E-state index in [1.165, 1.54) is 38.5 Å². The van der Waals surface area contributed by atoms with Gasteiger partial charge in [-0.15, -0.1) is 0 Å². The number of hydrogen-bond acceptors (Lipinski definition) is 6. The maximum Gasteiger partial charge on any atom is 0.155 e. The van der Waals surface area contributed by atoms with Crippen LogP contribution in [0.25, 0.3) is 0 Å². The van der Waals surface area contributed by atoms with E-state index >= 15 is 0 Å². The van der Waals surface area contributed by atoms with Crippen LogP contribution >= 0.6 is 0 Å². The number of rotatable bonds is 18. The van der Waals surface area contributed by atoms with E-state index < -0.39 is 0 Å². The molecule has 208 valence electrons. The van der Waals surface area contributed by atoms with Crippen molar-refractivity contribution < 1.29 is 29.2 Å². The van der Waals surface area contributed by atoms with Crippen LogP contribution in [0.2, 0.25) is 0 Å². The Labute approximate surface area is 215 Å². The van der Waals surface area contributed by atoms with Gasteiger partial charge in [-0.25, -0.2) is 0 Å². The van der Waals surface area contributed by atoms with E-state index in [-0.39, 0.29) is 24.8 Å². The molecular weight excluding hydrogens is 444 g/mol. The van der Waals surface area contributed by atoms with Crippen molar-refractivity contribution in [2.24, 2.45) is 23.7 Å². The summed E-state index contributed by atoms with van der Waals surface area (Å²) in [4.78, 5) is 0. The summed E-state index contributed by atoms with van der Waals surface area (Å²) in [6, 6.07) is 0. The molecule has 0 aliphatic heterocycles. The molecule has 0 heterocycles. The predicted octanol–water partition coefficient (Wildman–Crippen LogP) is 6.07. The van der Waals surface area contributed by atoms with Crippen molar-refractivity contribution in [2.75, 3.05) is 26.4 Å². The average molecular weight is 501 g/mol. The van der Waals surface area contributed by atoms with E-state index in [1.54, 1.807) is 0 Å². The van der Waals surface area contributed by atoms with Gasteiger partial charge in [0.1, 0.15) is 0 Å². The van der Waals surface area contributed by atoms with Crippen LogP contribution in [0.1, 0.15) is 111 Å². The topological polar surface area (TPSA) is 77.4 Å². The highest BCUT2D eigenvalue weighted by Gasteiger charge is 2.25. The lowest BCUT2D eigenvalue weighted by atomic mass is 9.79. The predicted molar refractivity (Wildman–Crippen MR) is 140 cm³/mol. The number of hydrogen-bond donors (Lipinski definition) is 2. The summed E-state index contributed by atoms with van der Waals surface area (Å²) in [6.45, 7) is 10.6. The quantitative estimate of drug-likeness (QED) is 0.176. The van der Waals surface area contributed by atoms with Gasteiger partial charge in [0.25, 0.3) is 0 Å². The van der Waals surface area contributed by atoms with Crippen LogP contribution in [0.4, 0.5) is 0 Å². The Morgan fingerprint density at radius 2 is 1.20 bits per heavy atom. The minimum absolute atomic E-state index is 0.161. The Morgan fingerprint density at radius 3 is 1.74 bits per heavy atom. The van der Waals surface area contributed by atoms with Crippen LogP contribution in [-0.4, -0.2) is 61.4 Å². The molecule has 2 fully saturated rings. The SMILES string of the molecule is CCC(CC1CCC(CO)CC1)OC(C)OCCCCOC(C)OCC1CCC(CC(C)O)CC1. The normalized spacial score (nSPS) is 29.0. The molecule has 6 heteroatoms. The van der Waals surface area contributed by atoms with Crippen LogP contribution in [0, 0.1) is 23.7 Å². The van der Waals surface area contributed by atoms with Crippen molar-refractivity contribution in [3.05, 3.63) is 0 Å². The minimum Gasteiger partial charge on any atom is -0.396 e. The van der Waals surface area contributed by atoms with Crippen LogP contribution in [0.3, 0.4) is 0 Å². The molecule has 6 nitrogen and oxygen atoms in total. The number of aliphatic hydroxyl groups is 2. The Kier molecular flexibility index (Phi) is 16.0. The van der Waals surface area contributed by atoms with Gasteiger partial charge in [-0.2, -0.15) is 0 Å². The molecule has 0 amide bonds. The van der Waals surface area contributed by atoms with Gasteiger partial charge in [-0.3, -0.25) is 0 Å². The second kappa shape index (κ2) is 18.1. The van der Waals surface area contributed by atoms with E-state index in [0.29, 0.717) is 37.6 Å². The fraction of sp³-hybridized carbons (Fsp3) is 1.00. The molecule has 35 heavy (non-hydrogen) atoms. The van der Waals surface area contributed by atoms with Crippen molar-refractivity contribution in [2.45, 2.75) is 136 Å². The zero-order chi connectivity index (χ0) is 25.5. The summed E-state index contributed by atoms with van der Waals surface area (Å²) >= 11 is 0. The lowest BCUT2D eigenvalue weighted by Crippen LogP contribution is -2.26. The molecule has 2 aliphatic rings. The lowest BCUT2D eigenvalue weighted by Gasteiger charge is -2.31. The average Bonchev–Trinajstić information content (AvgIpc) is 2.85. The van der Waals surface area contributed by atoms with Gasteiger partial charge in [0, 0.05) is 19.8 Å².